The molecule has 1 saturated heterocycles. The highest BCUT2D eigenvalue weighted by Crippen LogP contribution is 2.30. The first-order valence-corrected chi connectivity index (χ1v) is 9.32. The molecule has 0 aromatic heterocycles. The maximum atomic E-state index is 13.1. The van der Waals surface area contributed by atoms with Crippen LogP contribution in [0.3, 0.4) is 0 Å². The molecule has 1 amide bonds. The summed E-state index contributed by atoms with van der Waals surface area (Å²) < 4.78 is 5.85. The second-order valence-corrected chi connectivity index (χ2v) is 6.81. The zero-order chi connectivity index (χ0) is 17.4. The maximum absolute atomic E-state index is 13.1. The average molecular weight is 332 g/mol. The van der Waals surface area contributed by atoms with E-state index in [1.54, 1.807) is 0 Å². The quantitative estimate of drug-likeness (QED) is 0.744. The van der Waals surface area contributed by atoms with Gasteiger partial charge in [0.1, 0.15) is 0 Å². The molecule has 1 fully saturated rings. The molecular formula is C20H32N2O2. The van der Waals surface area contributed by atoms with Crippen molar-refractivity contribution in [3.8, 4) is 0 Å². The van der Waals surface area contributed by atoms with Crippen LogP contribution in [0, 0.1) is 5.92 Å². The number of rotatable bonds is 8. The normalized spacial score (nSPS) is 18.4. The van der Waals surface area contributed by atoms with Crippen molar-refractivity contribution in [3.63, 3.8) is 0 Å². The highest BCUT2D eigenvalue weighted by Gasteiger charge is 2.32. The molecule has 4 heteroatoms. The standard InChI is InChI=1S/C20H32N2O2/c1-3-16(2)19(17-8-5-4-6-9-17)20(23)22-13-10-18(11-14-22)24-15-7-12-21/h4-6,8-9,16,18-19H,3,7,10-15,21H2,1-2H3. The number of likely N-dealkylation sites (tertiary alicyclic amines) is 1. The molecule has 1 aliphatic heterocycles. The lowest BCUT2D eigenvalue weighted by molar-refractivity contribution is -0.136. The number of hydrogen-bond donors (Lipinski definition) is 1. The summed E-state index contributed by atoms with van der Waals surface area (Å²) in [5.41, 5.74) is 6.64. The van der Waals surface area contributed by atoms with Crippen molar-refractivity contribution in [2.24, 2.45) is 11.7 Å². The summed E-state index contributed by atoms with van der Waals surface area (Å²) in [6.07, 6.45) is 4.04. The zero-order valence-corrected chi connectivity index (χ0v) is 15.1. The fourth-order valence-electron chi connectivity index (χ4n) is 3.38. The zero-order valence-electron chi connectivity index (χ0n) is 15.1. The van der Waals surface area contributed by atoms with E-state index in [1.807, 2.05) is 23.1 Å². The summed E-state index contributed by atoms with van der Waals surface area (Å²) in [5.74, 6) is 0.584. The van der Waals surface area contributed by atoms with Crippen LogP contribution in [0.5, 0.6) is 0 Å². The van der Waals surface area contributed by atoms with Gasteiger partial charge in [0.05, 0.1) is 12.0 Å². The Morgan fingerprint density at radius 1 is 1.29 bits per heavy atom. The van der Waals surface area contributed by atoms with E-state index in [1.165, 1.54) is 0 Å². The molecule has 2 atom stereocenters. The van der Waals surface area contributed by atoms with E-state index in [-0.39, 0.29) is 17.9 Å². The number of piperidine rings is 1. The molecule has 0 radical (unpaired) electrons. The van der Waals surface area contributed by atoms with E-state index < -0.39 is 0 Å². The van der Waals surface area contributed by atoms with Gasteiger partial charge < -0.3 is 15.4 Å². The van der Waals surface area contributed by atoms with Crippen LogP contribution < -0.4 is 5.73 Å². The molecule has 2 unspecified atom stereocenters. The van der Waals surface area contributed by atoms with Crippen molar-refractivity contribution >= 4 is 5.91 Å². The molecule has 1 aromatic carbocycles. The molecule has 0 spiro atoms. The monoisotopic (exact) mass is 332 g/mol. The van der Waals surface area contributed by atoms with Crippen molar-refractivity contribution in [2.75, 3.05) is 26.2 Å². The Hall–Kier alpha value is -1.39. The smallest absolute Gasteiger partial charge is 0.230 e. The summed E-state index contributed by atoms with van der Waals surface area (Å²) in [6.45, 7) is 7.33. The summed E-state index contributed by atoms with van der Waals surface area (Å²) in [6, 6.07) is 10.2. The van der Waals surface area contributed by atoms with Crippen molar-refractivity contribution in [1.82, 2.24) is 4.90 Å². The first-order valence-electron chi connectivity index (χ1n) is 9.32. The lowest BCUT2D eigenvalue weighted by Crippen LogP contribution is -2.44. The largest absolute Gasteiger partial charge is 0.378 e. The predicted molar refractivity (Wildman–Crippen MR) is 97.9 cm³/mol. The molecule has 1 aliphatic rings. The van der Waals surface area contributed by atoms with Gasteiger partial charge in [0, 0.05) is 19.7 Å². The molecule has 0 bridgehead atoms. The predicted octanol–water partition coefficient (Wildman–Crippen LogP) is 3.17. The van der Waals surface area contributed by atoms with E-state index in [4.69, 9.17) is 10.5 Å². The Morgan fingerprint density at radius 2 is 1.96 bits per heavy atom. The van der Waals surface area contributed by atoms with Crippen molar-refractivity contribution in [3.05, 3.63) is 35.9 Å². The topological polar surface area (TPSA) is 55.6 Å². The van der Waals surface area contributed by atoms with E-state index >= 15 is 0 Å². The molecule has 2 N–H and O–H groups in total. The third kappa shape index (κ3) is 5.05. The molecule has 0 saturated carbocycles. The summed E-state index contributed by atoms with van der Waals surface area (Å²) >= 11 is 0. The first-order chi connectivity index (χ1) is 11.7. The highest BCUT2D eigenvalue weighted by atomic mass is 16.5. The second-order valence-electron chi connectivity index (χ2n) is 6.81. The fourth-order valence-corrected chi connectivity index (χ4v) is 3.38. The maximum Gasteiger partial charge on any atom is 0.230 e. The van der Waals surface area contributed by atoms with Crippen LogP contribution in [0.2, 0.25) is 0 Å². The lowest BCUT2D eigenvalue weighted by Gasteiger charge is -2.35. The van der Waals surface area contributed by atoms with E-state index in [9.17, 15) is 4.79 Å². The molecule has 134 valence electrons. The number of carbonyl (C=O) groups excluding carboxylic acids is 1. The van der Waals surface area contributed by atoms with Gasteiger partial charge in [-0.25, -0.2) is 0 Å². The van der Waals surface area contributed by atoms with Crippen molar-refractivity contribution in [2.45, 2.75) is 51.6 Å². The minimum Gasteiger partial charge on any atom is -0.378 e. The Morgan fingerprint density at radius 3 is 2.54 bits per heavy atom. The van der Waals surface area contributed by atoms with Gasteiger partial charge in [-0.2, -0.15) is 0 Å². The van der Waals surface area contributed by atoms with Gasteiger partial charge in [0.15, 0.2) is 0 Å². The molecule has 4 nitrogen and oxygen atoms in total. The van der Waals surface area contributed by atoms with Crippen LogP contribution in [0.15, 0.2) is 30.3 Å². The van der Waals surface area contributed by atoms with Crippen LogP contribution >= 0.6 is 0 Å². The third-order valence-corrected chi connectivity index (χ3v) is 5.09. The van der Waals surface area contributed by atoms with Gasteiger partial charge in [0.2, 0.25) is 5.91 Å². The van der Waals surface area contributed by atoms with E-state index in [0.717, 1.165) is 50.9 Å². The summed E-state index contributed by atoms with van der Waals surface area (Å²) in [7, 11) is 0. The van der Waals surface area contributed by atoms with Gasteiger partial charge in [-0.1, -0.05) is 50.6 Å². The lowest BCUT2D eigenvalue weighted by atomic mass is 9.84. The van der Waals surface area contributed by atoms with Crippen LogP contribution in [-0.4, -0.2) is 43.2 Å². The minimum absolute atomic E-state index is 0.0362. The van der Waals surface area contributed by atoms with Gasteiger partial charge >= 0.3 is 0 Å². The van der Waals surface area contributed by atoms with Crippen molar-refractivity contribution < 1.29 is 9.53 Å². The Bertz CT molecular complexity index is 484. The Labute approximate surface area is 146 Å². The summed E-state index contributed by atoms with van der Waals surface area (Å²) in [4.78, 5) is 15.2. The number of amides is 1. The Kier molecular flexibility index (Phi) is 7.73. The number of nitrogens with zero attached hydrogens (tertiary/aromatic N) is 1. The van der Waals surface area contributed by atoms with Crippen molar-refractivity contribution in [1.29, 1.82) is 0 Å². The van der Waals surface area contributed by atoms with Crippen LogP contribution in [-0.2, 0) is 9.53 Å². The third-order valence-electron chi connectivity index (χ3n) is 5.09. The van der Waals surface area contributed by atoms with Gasteiger partial charge in [-0.05, 0) is 37.3 Å². The van der Waals surface area contributed by atoms with E-state index in [2.05, 4.69) is 26.0 Å². The van der Waals surface area contributed by atoms with Crippen LogP contribution in [0.1, 0.15) is 51.0 Å². The molecule has 1 aromatic rings. The average Bonchev–Trinajstić information content (AvgIpc) is 2.63. The molecule has 24 heavy (non-hydrogen) atoms. The number of nitrogens with two attached hydrogens (primary N) is 1. The number of carbonyl (C=O) groups is 1. The molecular weight excluding hydrogens is 300 g/mol. The molecule has 2 rings (SSSR count). The Balaban J connectivity index is 1.96. The SMILES string of the molecule is CCC(C)C(C(=O)N1CCC(OCCCN)CC1)c1ccccc1. The van der Waals surface area contributed by atoms with Gasteiger partial charge in [-0.3, -0.25) is 4.79 Å². The molecule has 1 heterocycles. The number of hydrogen-bond acceptors (Lipinski definition) is 3. The van der Waals surface area contributed by atoms with Crippen LogP contribution in [0.4, 0.5) is 0 Å². The molecule has 0 aliphatic carbocycles. The minimum atomic E-state index is -0.0362. The van der Waals surface area contributed by atoms with Crippen LogP contribution in [0.25, 0.3) is 0 Å². The van der Waals surface area contributed by atoms with Gasteiger partial charge in [-0.15, -0.1) is 0 Å². The second kappa shape index (κ2) is 9.80. The number of benzene rings is 1. The van der Waals surface area contributed by atoms with Gasteiger partial charge in [0.25, 0.3) is 0 Å². The number of ether oxygens (including phenoxy) is 1. The first kappa shape index (κ1) is 18.9. The summed E-state index contributed by atoms with van der Waals surface area (Å²) in [5, 5.41) is 0. The fraction of sp³-hybridized carbons (Fsp3) is 0.650. The highest BCUT2D eigenvalue weighted by molar-refractivity contribution is 5.84. The van der Waals surface area contributed by atoms with E-state index in [0.29, 0.717) is 12.5 Å².